The van der Waals surface area contributed by atoms with Crippen molar-refractivity contribution in [2.75, 3.05) is 25.0 Å². The quantitative estimate of drug-likeness (QED) is 0.456. The number of rotatable bonds is 10. The van der Waals surface area contributed by atoms with Crippen molar-refractivity contribution in [1.29, 1.82) is 0 Å². The summed E-state index contributed by atoms with van der Waals surface area (Å²) in [6.07, 6.45) is 4.49. The first kappa shape index (κ1) is 24.9. The van der Waals surface area contributed by atoms with E-state index < -0.39 is 11.9 Å². The van der Waals surface area contributed by atoms with Crippen molar-refractivity contribution in [3.8, 4) is 0 Å². The number of carbonyl (C=O) groups excluding carboxylic acids is 1. The van der Waals surface area contributed by atoms with E-state index in [2.05, 4.69) is 22.3 Å². The molecule has 1 aliphatic rings. The number of carbonyl (C=O) groups is 2. The van der Waals surface area contributed by atoms with Crippen molar-refractivity contribution in [2.24, 2.45) is 5.92 Å². The largest absolute Gasteiger partial charge is 0.481 e. The number of carboxylic acids is 1. The van der Waals surface area contributed by atoms with Gasteiger partial charge in [-0.3, -0.25) is 9.59 Å². The Morgan fingerprint density at radius 3 is 2.42 bits per heavy atom. The van der Waals surface area contributed by atoms with Gasteiger partial charge in [-0.1, -0.05) is 44.5 Å². The number of piperidine rings is 1. The van der Waals surface area contributed by atoms with Gasteiger partial charge in [-0.25, -0.2) is 4.39 Å². The minimum absolute atomic E-state index is 0.0338. The Balaban J connectivity index is 1.42. The molecule has 0 spiro atoms. The highest BCUT2D eigenvalue weighted by Crippen LogP contribution is 2.30. The van der Waals surface area contributed by atoms with Gasteiger partial charge in [-0.2, -0.15) is 0 Å². The normalized spacial score (nSPS) is 16.0. The molecule has 6 heteroatoms. The predicted molar refractivity (Wildman–Crippen MR) is 129 cm³/mol. The summed E-state index contributed by atoms with van der Waals surface area (Å²) in [5, 5.41) is 12.5. The van der Waals surface area contributed by atoms with E-state index in [0.29, 0.717) is 17.9 Å². The Bertz CT molecular complexity index is 921. The average molecular weight is 455 g/mol. The highest BCUT2D eigenvalue weighted by Gasteiger charge is 2.22. The molecule has 178 valence electrons. The summed E-state index contributed by atoms with van der Waals surface area (Å²) in [5.74, 6) is -1.30. The summed E-state index contributed by atoms with van der Waals surface area (Å²) in [6, 6.07) is 14.0. The molecule has 2 aromatic carbocycles. The molecule has 1 aliphatic heterocycles. The van der Waals surface area contributed by atoms with Crippen molar-refractivity contribution in [1.82, 2.24) is 4.90 Å². The molecule has 3 rings (SSSR count). The zero-order valence-electron chi connectivity index (χ0n) is 19.6. The number of benzene rings is 2. The van der Waals surface area contributed by atoms with Crippen LogP contribution in [0.25, 0.3) is 0 Å². The molecule has 5 nitrogen and oxygen atoms in total. The summed E-state index contributed by atoms with van der Waals surface area (Å²) in [4.78, 5) is 26.1. The van der Waals surface area contributed by atoms with Gasteiger partial charge in [0, 0.05) is 11.6 Å². The molecule has 0 aliphatic carbocycles. The van der Waals surface area contributed by atoms with Gasteiger partial charge in [0.1, 0.15) is 5.82 Å². The second-order valence-electron chi connectivity index (χ2n) is 9.32. The van der Waals surface area contributed by atoms with E-state index in [0.717, 1.165) is 51.0 Å². The summed E-state index contributed by atoms with van der Waals surface area (Å²) in [6.45, 7) is 6.78. The Morgan fingerprint density at radius 1 is 1.09 bits per heavy atom. The van der Waals surface area contributed by atoms with E-state index in [1.807, 2.05) is 26.0 Å². The number of anilines is 1. The van der Waals surface area contributed by atoms with Crippen LogP contribution in [0.4, 0.5) is 10.1 Å². The van der Waals surface area contributed by atoms with Crippen LogP contribution in [0.2, 0.25) is 0 Å². The maximum Gasteiger partial charge on any atom is 0.310 e. The lowest BCUT2D eigenvalue weighted by Gasteiger charge is -2.32. The molecule has 2 N–H and O–H groups in total. The van der Waals surface area contributed by atoms with Gasteiger partial charge in [0.05, 0.1) is 5.92 Å². The molecule has 33 heavy (non-hydrogen) atoms. The third kappa shape index (κ3) is 7.39. The van der Waals surface area contributed by atoms with Crippen LogP contribution in [0.5, 0.6) is 0 Å². The number of nitrogens with one attached hydrogen (secondary N) is 1. The van der Waals surface area contributed by atoms with Crippen LogP contribution < -0.4 is 5.32 Å². The monoisotopic (exact) mass is 454 g/mol. The van der Waals surface area contributed by atoms with Crippen LogP contribution in [0, 0.1) is 11.7 Å². The van der Waals surface area contributed by atoms with E-state index in [1.54, 1.807) is 12.1 Å². The third-order valence-corrected chi connectivity index (χ3v) is 6.53. The number of amides is 1. The van der Waals surface area contributed by atoms with Crippen LogP contribution in [-0.4, -0.2) is 41.5 Å². The van der Waals surface area contributed by atoms with Crippen LogP contribution in [0.3, 0.4) is 0 Å². The molecule has 1 amide bonds. The SMILES string of the molecule is CC(C)C(=O)Nc1cccc(C2CCN(CCCCC(C(=O)O)c3ccc(F)cc3)CC2)c1. The number of hydrogen-bond acceptors (Lipinski definition) is 3. The van der Waals surface area contributed by atoms with E-state index in [1.165, 1.54) is 17.7 Å². The number of nitrogens with zero attached hydrogens (tertiary/aromatic N) is 1. The molecule has 0 saturated carbocycles. The lowest BCUT2D eigenvalue weighted by atomic mass is 9.89. The fourth-order valence-electron chi connectivity index (χ4n) is 4.46. The van der Waals surface area contributed by atoms with Gasteiger partial charge >= 0.3 is 5.97 Å². The topological polar surface area (TPSA) is 69.6 Å². The van der Waals surface area contributed by atoms with Crippen molar-refractivity contribution >= 4 is 17.6 Å². The number of unbranched alkanes of at least 4 members (excludes halogenated alkanes) is 1. The summed E-state index contributed by atoms with van der Waals surface area (Å²) in [7, 11) is 0. The molecule has 1 unspecified atom stereocenters. The van der Waals surface area contributed by atoms with Crippen LogP contribution in [-0.2, 0) is 9.59 Å². The summed E-state index contributed by atoms with van der Waals surface area (Å²) < 4.78 is 13.1. The first-order valence-electron chi connectivity index (χ1n) is 11.9. The molecule has 2 aromatic rings. The molecular formula is C27H35FN2O3. The Hall–Kier alpha value is -2.73. The molecular weight excluding hydrogens is 419 g/mol. The lowest BCUT2D eigenvalue weighted by molar-refractivity contribution is -0.139. The van der Waals surface area contributed by atoms with Crippen LogP contribution in [0.15, 0.2) is 48.5 Å². The molecule has 0 radical (unpaired) electrons. The number of halogens is 1. The first-order valence-corrected chi connectivity index (χ1v) is 11.9. The van der Waals surface area contributed by atoms with E-state index in [4.69, 9.17) is 0 Å². The maximum absolute atomic E-state index is 13.1. The van der Waals surface area contributed by atoms with Crippen molar-refractivity contribution in [3.63, 3.8) is 0 Å². The van der Waals surface area contributed by atoms with Crippen molar-refractivity contribution in [3.05, 3.63) is 65.5 Å². The molecule has 0 bridgehead atoms. The molecule has 0 aromatic heterocycles. The van der Waals surface area contributed by atoms with Gasteiger partial charge < -0.3 is 15.3 Å². The predicted octanol–water partition coefficient (Wildman–Crippen LogP) is 5.64. The smallest absolute Gasteiger partial charge is 0.310 e. The highest BCUT2D eigenvalue weighted by atomic mass is 19.1. The average Bonchev–Trinajstić information content (AvgIpc) is 2.80. The Kier molecular flexibility index (Phi) is 9.01. The Morgan fingerprint density at radius 2 is 1.79 bits per heavy atom. The minimum atomic E-state index is -0.853. The van der Waals surface area contributed by atoms with Crippen LogP contribution in [0.1, 0.15) is 68.9 Å². The zero-order valence-corrected chi connectivity index (χ0v) is 19.6. The third-order valence-electron chi connectivity index (χ3n) is 6.53. The Labute approximate surface area is 196 Å². The second-order valence-corrected chi connectivity index (χ2v) is 9.32. The van der Waals surface area contributed by atoms with Crippen molar-refractivity contribution < 1.29 is 19.1 Å². The van der Waals surface area contributed by atoms with E-state index >= 15 is 0 Å². The fraction of sp³-hybridized carbons (Fsp3) is 0.481. The van der Waals surface area contributed by atoms with Crippen LogP contribution >= 0.6 is 0 Å². The number of hydrogen-bond donors (Lipinski definition) is 2. The molecule has 1 saturated heterocycles. The van der Waals surface area contributed by atoms with Gasteiger partial charge in [0.2, 0.25) is 5.91 Å². The van der Waals surface area contributed by atoms with Crippen molar-refractivity contribution in [2.45, 2.75) is 57.8 Å². The van der Waals surface area contributed by atoms with E-state index in [-0.39, 0.29) is 17.6 Å². The second kappa shape index (κ2) is 11.9. The van der Waals surface area contributed by atoms with Gasteiger partial charge in [0.15, 0.2) is 0 Å². The van der Waals surface area contributed by atoms with Gasteiger partial charge in [-0.15, -0.1) is 0 Å². The zero-order chi connectivity index (χ0) is 23.8. The van der Waals surface area contributed by atoms with Gasteiger partial charge in [0.25, 0.3) is 0 Å². The first-order chi connectivity index (χ1) is 15.8. The molecule has 1 atom stereocenters. The fourth-order valence-corrected chi connectivity index (χ4v) is 4.46. The maximum atomic E-state index is 13.1. The highest BCUT2D eigenvalue weighted by molar-refractivity contribution is 5.92. The standard InChI is InChI=1S/C27H35FN2O3/c1-19(2)26(31)29-24-7-5-6-22(18-24)20-13-16-30(17-14-20)15-4-3-8-25(27(32)33)21-9-11-23(28)12-10-21/h5-7,9-12,18-20,25H,3-4,8,13-17H2,1-2H3,(H,29,31)(H,32,33). The molecule has 1 fully saturated rings. The summed E-state index contributed by atoms with van der Waals surface area (Å²) in [5.41, 5.74) is 2.80. The van der Waals surface area contributed by atoms with E-state index in [9.17, 15) is 19.1 Å². The summed E-state index contributed by atoms with van der Waals surface area (Å²) >= 11 is 0. The minimum Gasteiger partial charge on any atom is -0.481 e. The number of aliphatic carboxylic acids is 1. The van der Waals surface area contributed by atoms with Gasteiger partial charge in [-0.05, 0) is 86.6 Å². The number of likely N-dealkylation sites (tertiary alicyclic amines) is 1. The number of carboxylic acid groups (broad SMARTS) is 1. The molecule has 1 heterocycles. The lowest BCUT2D eigenvalue weighted by Crippen LogP contribution is -2.33.